The van der Waals surface area contributed by atoms with E-state index in [9.17, 15) is 0 Å². The van der Waals surface area contributed by atoms with E-state index in [0.717, 1.165) is 38.2 Å². The minimum Gasteiger partial charge on any atom is -0.396 e. The summed E-state index contributed by atoms with van der Waals surface area (Å²) >= 11 is 12.0. The number of hydrogen-bond donors (Lipinski definition) is 2. The molecule has 1 fully saturated rings. The number of rotatable bonds is 3. The van der Waals surface area contributed by atoms with E-state index in [4.69, 9.17) is 33.7 Å². The van der Waals surface area contributed by atoms with Crippen LogP contribution in [0.2, 0.25) is 10.0 Å². The van der Waals surface area contributed by atoms with Crippen molar-refractivity contribution in [1.29, 1.82) is 0 Å². The van der Waals surface area contributed by atoms with Gasteiger partial charge in [0.25, 0.3) is 0 Å². The number of anilines is 1. The summed E-state index contributed by atoms with van der Waals surface area (Å²) in [5, 5.41) is 4.57. The van der Waals surface area contributed by atoms with Crippen LogP contribution in [0.25, 0.3) is 0 Å². The summed E-state index contributed by atoms with van der Waals surface area (Å²) in [7, 11) is 0. The van der Waals surface area contributed by atoms with E-state index in [-0.39, 0.29) is 5.54 Å². The fraction of sp³-hybridized carbons (Fsp3) is 0.538. The van der Waals surface area contributed by atoms with Gasteiger partial charge < -0.3 is 15.8 Å². The molecule has 1 aromatic rings. The molecule has 0 amide bonds. The van der Waals surface area contributed by atoms with Gasteiger partial charge in [-0.1, -0.05) is 23.2 Å². The molecule has 2 rings (SSSR count). The summed E-state index contributed by atoms with van der Waals surface area (Å²) in [6.45, 7) is 4.58. The second kappa shape index (κ2) is 5.66. The predicted octanol–water partition coefficient (Wildman–Crippen LogP) is 3.23. The summed E-state index contributed by atoms with van der Waals surface area (Å²) in [5.41, 5.74) is 7.33. The Morgan fingerprint density at radius 3 is 2.39 bits per heavy atom. The molecule has 0 aromatic heterocycles. The smallest absolute Gasteiger partial charge is 0.0693 e. The third kappa shape index (κ3) is 3.29. The maximum atomic E-state index is 6.02. The lowest BCUT2D eigenvalue weighted by molar-refractivity contribution is 0.0446. The van der Waals surface area contributed by atoms with Crippen molar-refractivity contribution in [2.45, 2.75) is 31.8 Å². The molecule has 0 radical (unpaired) electrons. The topological polar surface area (TPSA) is 47.3 Å². The van der Waals surface area contributed by atoms with E-state index in [1.807, 2.05) is 12.1 Å². The Morgan fingerprint density at radius 2 is 1.83 bits per heavy atom. The van der Waals surface area contributed by atoms with Gasteiger partial charge in [-0.3, -0.25) is 0 Å². The standard InChI is InChI=1S/C13H18Cl2N2O/c1-13(2-4-18-5-3-13)17-8-9-6-10(14)12(16)11(15)7-9/h6-7,17H,2-5,8,16H2,1H3. The largest absolute Gasteiger partial charge is 0.396 e. The van der Waals surface area contributed by atoms with Crippen LogP contribution in [0.5, 0.6) is 0 Å². The molecule has 5 heteroatoms. The van der Waals surface area contributed by atoms with Gasteiger partial charge in [0.05, 0.1) is 15.7 Å². The molecule has 0 spiro atoms. The summed E-state index contributed by atoms with van der Waals surface area (Å²) in [6, 6.07) is 3.72. The molecule has 3 N–H and O–H groups in total. The van der Waals surface area contributed by atoms with E-state index >= 15 is 0 Å². The lowest BCUT2D eigenvalue weighted by Crippen LogP contribution is -2.46. The Morgan fingerprint density at radius 1 is 1.28 bits per heavy atom. The molecule has 1 heterocycles. The SMILES string of the molecule is CC1(NCc2cc(Cl)c(N)c(Cl)c2)CCOCC1. The summed E-state index contributed by atoms with van der Waals surface area (Å²) in [5.74, 6) is 0. The molecular weight excluding hydrogens is 271 g/mol. The Hall–Kier alpha value is -0.480. The lowest BCUT2D eigenvalue weighted by Gasteiger charge is -2.34. The first-order chi connectivity index (χ1) is 8.50. The van der Waals surface area contributed by atoms with Crippen LogP contribution in [0, 0.1) is 0 Å². The second-order valence-corrected chi connectivity index (χ2v) is 5.81. The first-order valence-corrected chi connectivity index (χ1v) is 6.82. The summed E-state index contributed by atoms with van der Waals surface area (Å²) in [6.07, 6.45) is 2.03. The quantitative estimate of drug-likeness (QED) is 0.840. The zero-order valence-electron chi connectivity index (χ0n) is 10.4. The average molecular weight is 289 g/mol. The Kier molecular flexibility index (Phi) is 4.38. The summed E-state index contributed by atoms with van der Waals surface area (Å²) < 4.78 is 5.37. The zero-order valence-corrected chi connectivity index (χ0v) is 11.9. The van der Waals surface area contributed by atoms with Crippen molar-refractivity contribution in [1.82, 2.24) is 5.32 Å². The molecule has 0 atom stereocenters. The molecule has 0 bridgehead atoms. The van der Waals surface area contributed by atoms with Crippen molar-refractivity contribution in [3.05, 3.63) is 27.7 Å². The molecule has 1 aromatic carbocycles. The van der Waals surface area contributed by atoms with Crippen LogP contribution in [0.1, 0.15) is 25.3 Å². The van der Waals surface area contributed by atoms with Crippen LogP contribution in [0.15, 0.2) is 12.1 Å². The number of nitrogens with two attached hydrogens (primary N) is 1. The van der Waals surface area contributed by atoms with Crippen molar-refractivity contribution < 1.29 is 4.74 Å². The maximum Gasteiger partial charge on any atom is 0.0693 e. The highest BCUT2D eigenvalue weighted by atomic mass is 35.5. The Balaban J connectivity index is 2.01. The van der Waals surface area contributed by atoms with Gasteiger partial charge in [0.1, 0.15) is 0 Å². The minimum absolute atomic E-state index is 0.124. The first-order valence-electron chi connectivity index (χ1n) is 6.06. The highest BCUT2D eigenvalue weighted by molar-refractivity contribution is 6.38. The van der Waals surface area contributed by atoms with Crippen molar-refractivity contribution in [2.24, 2.45) is 0 Å². The molecule has 3 nitrogen and oxygen atoms in total. The highest BCUT2D eigenvalue weighted by Crippen LogP contribution is 2.29. The van der Waals surface area contributed by atoms with E-state index in [1.165, 1.54) is 0 Å². The number of nitrogens with one attached hydrogen (secondary N) is 1. The Labute approximate surface area is 118 Å². The molecule has 0 unspecified atom stereocenters. The van der Waals surface area contributed by atoms with E-state index < -0.39 is 0 Å². The Bertz CT molecular complexity index is 408. The molecule has 1 aliphatic rings. The molecule has 1 aliphatic heterocycles. The van der Waals surface area contributed by atoms with E-state index in [2.05, 4.69) is 12.2 Å². The van der Waals surface area contributed by atoms with Gasteiger partial charge in [0, 0.05) is 25.3 Å². The van der Waals surface area contributed by atoms with Gasteiger partial charge in [-0.05, 0) is 37.5 Å². The van der Waals surface area contributed by atoms with E-state index in [1.54, 1.807) is 0 Å². The second-order valence-electron chi connectivity index (χ2n) is 5.00. The van der Waals surface area contributed by atoms with Crippen LogP contribution in [0.3, 0.4) is 0 Å². The van der Waals surface area contributed by atoms with Crippen LogP contribution >= 0.6 is 23.2 Å². The van der Waals surface area contributed by atoms with Gasteiger partial charge in [0.2, 0.25) is 0 Å². The van der Waals surface area contributed by atoms with Gasteiger partial charge in [-0.25, -0.2) is 0 Å². The fourth-order valence-electron chi connectivity index (χ4n) is 2.05. The average Bonchev–Trinajstić information content (AvgIpc) is 2.34. The van der Waals surface area contributed by atoms with Crippen LogP contribution in [0.4, 0.5) is 5.69 Å². The molecular formula is C13H18Cl2N2O. The van der Waals surface area contributed by atoms with Gasteiger partial charge in [-0.15, -0.1) is 0 Å². The van der Waals surface area contributed by atoms with Crippen LogP contribution < -0.4 is 11.1 Å². The number of halogens is 2. The molecule has 100 valence electrons. The van der Waals surface area contributed by atoms with Crippen LogP contribution in [-0.4, -0.2) is 18.8 Å². The number of benzene rings is 1. The third-order valence-corrected chi connectivity index (χ3v) is 4.08. The zero-order chi connectivity index (χ0) is 13.2. The summed E-state index contributed by atoms with van der Waals surface area (Å²) in [4.78, 5) is 0. The maximum absolute atomic E-state index is 6.02. The lowest BCUT2D eigenvalue weighted by atomic mass is 9.92. The molecule has 0 saturated carbocycles. The van der Waals surface area contributed by atoms with E-state index in [0.29, 0.717) is 15.7 Å². The molecule has 18 heavy (non-hydrogen) atoms. The van der Waals surface area contributed by atoms with Gasteiger partial charge in [-0.2, -0.15) is 0 Å². The fourth-order valence-corrected chi connectivity index (χ4v) is 2.59. The van der Waals surface area contributed by atoms with Crippen molar-refractivity contribution in [3.63, 3.8) is 0 Å². The van der Waals surface area contributed by atoms with Crippen molar-refractivity contribution in [2.75, 3.05) is 18.9 Å². The third-order valence-electron chi connectivity index (χ3n) is 3.45. The van der Waals surface area contributed by atoms with Crippen molar-refractivity contribution in [3.8, 4) is 0 Å². The number of nitrogen functional groups attached to an aromatic ring is 1. The predicted molar refractivity (Wildman–Crippen MR) is 76.2 cm³/mol. The van der Waals surface area contributed by atoms with Crippen LogP contribution in [-0.2, 0) is 11.3 Å². The van der Waals surface area contributed by atoms with Crippen molar-refractivity contribution >= 4 is 28.9 Å². The van der Waals surface area contributed by atoms with Gasteiger partial charge in [0.15, 0.2) is 0 Å². The highest BCUT2D eigenvalue weighted by Gasteiger charge is 2.26. The van der Waals surface area contributed by atoms with Gasteiger partial charge >= 0.3 is 0 Å². The molecule has 0 aliphatic carbocycles. The number of ether oxygens (including phenoxy) is 1. The monoisotopic (exact) mass is 288 g/mol. The molecule has 1 saturated heterocycles. The normalized spacial score (nSPS) is 18.8. The minimum atomic E-state index is 0.124. The first kappa shape index (κ1) is 13.9. The number of hydrogen-bond acceptors (Lipinski definition) is 3.